The monoisotopic (exact) mass is 412 g/mol. The second-order valence-electron chi connectivity index (χ2n) is 8.77. The topological polar surface area (TPSA) is 61.8 Å². The Balaban J connectivity index is 3.30. The van der Waals surface area contributed by atoms with E-state index >= 15 is 0 Å². The van der Waals surface area contributed by atoms with Gasteiger partial charge in [0.05, 0.1) is 13.0 Å². The average molecular weight is 413 g/mol. The molecule has 1 aliphatic rings. The molecule has 0 aromatic carbocycles. The van der Waals surface area contributed by atoms with Crippen LogP contribution in [0.5, 0.6) is 0 Å². The lowest BCUT2D eigenvalue weighted by Crippen LogP contribution is -2.58. The van der Waals surface area contributed by atoms with E-state index in [0.717, 1.165) is 12.0 Å². The minimum Gasteiger partial charge on any atom is -0.466 e. The summed E-state index contributed by atoms with van der Waals surface area (Å²) < 4.78 is 16.7. The number of likely N-dealkylation sites (tertiary alicyclic amines) is 1. The van der Waals surface area contributed by atoms with Crippen molar-refractivity contribution in [3.8, 4) is 0 Å². The predicted molar refractivity (Wildman–Crippen MR) is 113 cm³/mol. The number of carbonyl (C=O) groups excluding carboxylic acids is 2. The van der Waals surface area contributed by atoms with Crippen LogP contribution in [0.15, 0.2) is 24.3 Å². The van der Waals surface area contributed by atoms with Crippen molar-refractivity contribution in [1.82, 2.24) is 0 Å². The molecule has 0 N–H and O–H groups in total. The molecular weight excluding hydrogens is 374 g/mol. The van der Waals surface area contributed by atoms with Crippen LogP contribution in [-0.2, 0) is 18.8 Å². The summed E-state index contributed by atoms with van der Waals surface area (Å²) in [6, 6.07) is -0.175. The first-order chi connectivity index (χ1) is 13.0. The highest BCUT2D eigenvalue weighted by molar-refractivity contribution is 6.48. The van der Waals surface area contributed by atoms with Gasteiger partial charge in [0.25, 0.3) is 9.04 Å². The molecule has 1 amide bonds. The Kier molecular flexibility index (Phi) is 9.11. The van der Waals surface area contributed by atoms with Crippen LogP contribution in [0.3, 0.4) is 0 Å². The number of nitrogens with zero attached hydrogens (tertiary/aromatic N) is 1. The van der Waals surface area contributed by atoms with Crippen molar-refractivity contribution in [1.29, 1.82) is 0 Å². The van der Waals surface area contributed by atoms with Crippen molar-refractivity contribution in [2.45, 2.75) is 66.6 Å². The van der Waals surface area contributed by atoms with Crippen molar-refractivity contribution >= 4 is 21.1 Å². The van der Waals surface area contributed by atoms with Gasteiger partial charge in [-0.15, -0.1) is 0 Å². The van der Waals surface area contributed by atoms with Crippen molar-refractivity contribution < 1.29 is 28.2 Å². The Morgan fingerprint density at radius 1 is 1.25 bits per heavy atom. The van der Waals surface area contributed by atoms with Crippen LogP contribution in [0.4, 0.5) is 4.79 Å². The van der Waals surface area contributed by atoms with E-state index in [2.05, 4.69) is 40.4 Å². The molecule has 160 valence electrons. The second kappa shape index (κ2) is 10.4. The van der Waals surface area contributed by atoms with Crippen molar-refractivity contribution in [2.75, 3.05) is 19.8 Å². The van der Waals surface area contributed by atoms with Crippen molar-refractivity contribution in [2.24, 2.45) is 11.3 Å². The van der Waals surface area contributed by atoms with Crippen LogP contribution in [0.25, 0.3) is 0 Å². The first-order valence-corrected chi connectivity index (χ1v) is 12.9. The summed E-state index contributed by atoms with van der Waals surface area (Å²) in [7, 11) is -1.57. The van der Waals surface area contributed by atoms with E-state index in [0.29, 0.717) is 13.2 Å². The zero-order chi connectivity index (χ0) is 21.5. The smallest absolute Gasteiger partial charge is 0.466 e. The van der Waals surface area contributed by atoms with Crippen LogP contribution in [0, 0.1) is 11.3 Å². The molecule has 1 aliphatic heterocycles. The van der Waals surface area contributed by atoms with Gasteiger partial charge in [-0.3, -0.25) is 9.32 Å². The summed E-state index contributed by atoms with van der Waals surface area (Å²) in [4.78, 5) is 25.0. The number of amides is 1. The van der Waals surface area contributed by atoms with Crippen LogP contribution >= 0.6 is 0 Å². The minimum absolute atomic E-state index is 0.0281. The van der Waals surface area contributed by atoms with Gasteiger partial charge in [-0.2, -0.15) is 4.79 Å². The number of hydrogen-bond donors (Lipinski definition) is 0. The number of quaternary nitrogens is 1. The molecule has 7 heteroatoms. The van der Waals surface area contributed by atoms with Crippen molar-refractivity contribution in [3.63, 3.8) is 0 Å². The van der Waals surface area contributed by atoms with Crippen LogP contribution in [0.2, 0.25) is 13.1 Å². The number of carbonyl (C=O) groups is 2. The van der Waals surface area contributed by atoms with Crippen molar-refractivity contribution in [3.05, 3.63) is 24.3 Å². The molecule has 0 bridgehead atoms. The molecule has 1 unspecified atom stereocenters. The summed E-state index contributed by atoms with van der Waals surface area (Å²) >= 11 is 0. The Morgan fingerprint density at radius 2 is 1.89 bits per heavy atom. The maximum atomic E-state index is 13.2. The van der Waals surface area contributed by atoms with E-state index in [9.17, 15) is 9.59 Å². The molecule has 0 aliphatic carbocycles. The second-order valence-corrected chi connectivity index (χ2v) is 11.1. The molecule has 0 spiro atoms. The molecule has 0 saturated carbocycles. The Morgan fingerprint density at radius 3 is 2.39 bits per heavy atom. The Hall–Kier alpha value is -1.44. The van der Waals surface area contributed by atoms with Gasteiger partial charge in [0.15, 0.2) is 6.04 Å². The van der Waals surface area contributed by atoms with E-state index in [-0.39, 0.29) is 47.1 Å². The lowest BCUT2D eigenvalue weighted by atomic mass is 9.79. The molecule has 28 heavy (non-hydrogen) atoms. The normalized spacial score (nSPS) is 25.6. The zero-order valence-electron chi connectivity index (χ0n) is 18.6. The van der Waals surface area contributed by atoms with Gasteiger partial charge in [-0.1, -0.05) is 44.1 Å². The van der Waals surface area contributed by atoms with Gasteiger partial charge in [0.2, 0.25) is 0 Å². The third-order valence-corrected chi connectivity index (χ3v) is 5.98. The molecule has 0 aromatic heterocycles. The fourth-order valence-electron chi connectivity index (χ4n) is 3.69. The quantitative estimate of drug-likeness (QED) is 0.256. The third kappa shape index (κ3) is 6.29. The molecule has 1 heterocycles. The van der Waals surface area contributed by atoms with Crippen LogP contribution < -0.4 is 0 Å². The molecule has 1 saturated heterocycles. The lowest BCUT2D eigenvalue weighted by Gasteiger charge is -2.36. The number of hydrogen-bond acceptors (Lipinski definition) is 5. The third-order valence-electron chi connectivity index (χ3n) is 5.18. The fourth-order valence-corrected chi connectivity index (χ4v) is 4.76. The summed E-state index contributed by atoms with van der Waals surface area (Å²) in [6.07, 6.45) is 4.06. The maximum absolute atomic E-state index is 13.2. The SMILES string of the molecule is C=CCOC(=O)[N+]1(O[SiH](C)C)C[C@@H](C(C)(C)C)C[C@H]1/C(C)=C/CC(=O)OCC. The number of ether oxygens (including phenoxy) is 2. The first-order valence-electron chi connectivity index (χ1n) is 10.1. The predicted octanol–water partition coefficient (Wildman–Crippen LogP) is 4.37. The van der Waals surface area contributed by atoms with Gasteiger partial charge < -0.3 is 9.47 Å². The number of rotatable bonds is 8. The Bertz CT molecular complexity index is 596. The first kappa shape index (κ1) is 24.6. The highest BCUT2D eigenvalue weighted by Crippen LogP contribution is 2.44. The highest BCUT2D eigenvalue weighted by Gasteiger charge is 2.59. The standard InChI is InChI=1S/C21H38NO5Si/c1-9-13-26-20(24)22(27-28(7)8)15-17(21(4,5)6)14-18(22)16(3)11-12-19(23)25-10-2/h9,11,17-18,28H,1,10,12-15H2,2-8H3/q+1/b16-11+/t17-,18-,22?/m0/s1. The van der Waals surface area contributed by atoms with E-state index in [1.807, 2.05) is 13.0 Å². The van der Waals surface area contributed by atoms with Gasteiger partial charge in [-0.25, -0.2) is 0 Å². The number of hydroxylamine groups is 3. The van der Waals surface area contributed by atoms with Crippen LogP contribution in [0.1, 0.15) is 47.5 Å². The molecular formula is C21H38NO5Si+. The van der Waals surface area contributed by atoms with Gasteiger partial charge >= 0.3 is 12.1 Å². The van der Waals surface area contributed by atoms with Crippen LogP contribution in [-0.4, -0.2) is 51.5 Å². The highest BCUT2D eigenvalue weighted by atomic mass is 28.3. The van der Waals surface area contributed by atoms with E-state index in [4.69, 9.17) is 14.0 Å². The Labute approximate surface area is 171 Å². The number of esters is 1. The fraction of sp³-hybridized carbons (Fsp3) is 0.714. The summed E-state index contributed by atoms with van der Waals surface area (Å²) in [5.41, 5.74) is 0.991. The van der Waals surface area contributed by atoms with E-state index in [1.54, 1.807) is 13.0 Å². The molecule has 3 atom stereocenters. The van der Waals surface area contributed by atoms with E-state index < -0.39 is 9.04 Å². The molecule has 6 nitrogen and oxygen atoms in total. The van der Waals surface area contributed by atoms with Gasteiger partial charge in [-0.05, 0) is 37.9 Å². The summed E-state index contributed by atoms with van der Waals surface area (Å²) in [6.45, 7) is 19.2. The summed E-state index contributed by atoms with van der Waals surface area (Å²) in [5, 5.41) is 0. The summed E-state index contributed by atoms with van der Waals surface area (Å²) in [5.74, 6) is 0.0196. The zero-order valence-corrected chi connectivity index (χ0v) is 19.8. The molecule has 1 rings (SSSR count). The van der Waals surface area contributed by atoms with Gasteiger partial charge in [0, 0.05) is 12.3 Å². The largest absolute Gasteiger partial charge is 0.549 e. The molecule has 1 fully saturated rings. The maximum Gasteiger partial charge on any atom is 0.549 e. The van der Waals surface area contributed by atoms with E-state index in [1.165, 1.54) is 0 Å². The lowest BCUT2D eigenvalue weighted by molar-refractivity contribution is -1.03. The molecule has 0 radical (unpaired) electrons. The minimum atomic E-state index is -1.57. The molecule has 0 aromatic rings. The average Bonchev–Trinajstić information content (AvgIpc) is 2.98. The van der Waals surface area contributed by atoms with Gasteiger partial charge in [0.1, 0.15) is 13.2 Å².